The van der Waals surface area contributed by atoms with Crippen LogP contribution in [0, 0.1) is 5.92 Å². The van der Waals surface area contributed by atoms with Crippen molar-refractivity contribution in [1.82, 2.24) is 10.3 Å². The second kappa shape index (κ2) is 5.72. The summed E-state index contributed by atoms with van der Waals surface area (Å²) >= 11 is 3.00. The van der Waals surface area contributed by atoms with Crippen LogP contribution < -0.4 is 10.2 Å². The van der Waals surface area contributed by atoms with Crippen LogP contribution in [-0.2, 0) is 11.0 Å². The quantitative estimate of drug-likeness (QED) is 0.857. The van der Waals surface area contributed by atoms with Crippen LogP contribution in [-0.4, -0.2) is 29.5 Å². The van der Waals surface area contributed by atoms with E-state index in [1.54, 1.807) is 0 Å². The molecule has 22 heavy (non-hydrogen) atoms. The SMILES string of the molecule is CC(C)(C)NC(=O)C1CN(c2ncc(Br)cc2C(F)(F)F)C1. The normalized spacial score (nSPS) is 16.4. The molecular weight excluding hydrogens is 363 g/mol. The van der Waals surface area contributed by atoms with E-state index >= 15 is 0 Å². The average Bonchev–Trinajstić information content (AvgIpc) is 2.25. The average molecular weight is 380 g/mol. The summed E-state index contributed by atoms with van der Waals surface area (Å²) in [6.45, 7) is 6.05. The maximum atomic E-state index is 13.1. The highest BCUT2D eigenvalue weighted by Crippen LogP contribution is 2.38. The Kier molecular flexibility index (Phi) is 4.43. The second-order valence-corrected chi connectivity index (χ2v) is 7.28. The zero-order valence-electron chi connectivity index (χ0n) is 12.5. The monoisotopic (exact) mass is 379 g/mol. The number of carbonyl (C=O) groups is 1. The van der Waals surface area contributed by atoms with Crippen molar-refractivity contribution in [2.24, 2.45) is 5.92 Å². The number of pyridine rings is 1. The molecule has 1 N–H and O–H groups in total. The van der Waals surface area contributed by atoms with Crippen molar-refractivity contribution in [1.29, 1.82) is 0 Å². The molecule has 0 unspecified atom stereocenters. The Morgan fingerprint density at radius 3 is 2.45 bits per heavy atom. The largest absolute Gasteiger partial charge is 0.419 e. The number of amides is 1. The zero-order chi connectivity index (χ0) is 16.7. The van der Waals surface area contributed by atoms with Crippen LogP contribution in [0.1, 0.15) is 26.3 Å². The first-order chi connectivity index (χ1) is 9.97. The third-order valence-electron chi connectivity index (χ3n) is 3.19. The molecule has 1 aliphatic heterocycles. The van der Waals surface area contributed by atoms with E-state index in [4.69, 9.17) is 0 Å². The Morgan fingerprint density at radius 2 is 1.95 bits per heavy atom. The van der Waals surface area contributed by atoms with Crippen molar-refractivity contribution >= 4 is 27.7 Å². The Bertz CT molecular complexity index is 578. The summed E-state index contributed by atoms with van der Waals surface area (Å²) in [6, 6.07) is 1.00. The third kappa shape index (κ3) is 3.91. The van der Waals surface area contributed by atoms with Crippen LogP contribution in [0.3, 0.4) is 0 Å². The van der Waals surface area contributed by atoms with Crippen LogP contribution in [0.5, 0.6) is 0 Å². The van der Waals surface area contributed by atoms with E-state index in [9.17, 15) is 18.0 Å². The number of rotatable bonds is 2. The number of alkyl halides is 3. The van der Waals surface area contributed by atoms with Gasteiger partial charge in [0.2, 0.25) is 5.91 Å². The van der Waals surface area contributed by atoms with Crippen LogP contribution in [0.25, 0.3) is 0 Å². The lowest BCUT2D eigenvalue weighted by atomic mass is 9.96. The van der Waals surface area contributed by atoms with Gasteiger partial charge in [-0.25, -0.2) is 4.98 Å². The maximum Gasteiger partial charge on any atom is 0.419 e. The second-order valence-electron chi connectivity index (χ2n) is 6.36. The van der Waals surface area contributed by atoms with Crippen molar-refractivity contribution in [2.45, 2.75) is 32.5 Å². The number of hydrogen-bond donors (Lipinski definition) is 1. The highest BCUT2D eigenvalue weighted by atomic mass is 79.9. The van der Waals surface area contributed by atoms with Gasteiger partial charge in [0, 0.05) is 29.3 Å². The van der Waals surface area contributed by atoms with Gasteiger partial charge in [0.1, 0.15) is 5.82 Å². The van der Waals surface area contributed by atoms with Gasteiger partial charge >= 0.3 is 6.18 Å². The molecule has 2 heterocycles. The molecule has 1 fully saturated rings. The van der Waals surface area contributed by atoms with Gasteiger partial charge in [-0.2, -0.15) is 13.2 Å². The molecular formula is C14H17BrF3N3O. The highest BCUT2D eigenvalue weighted by Gasteiger charge is 2.41. The number of nitrogens with one attached hydrogen (secondary N) is 1. The molecule has 8 heteroatoms. The molecule has 1 aliphatic rings. The van der Waals surface area contributed by atoms with Crippen LogP contribution in [0.2, 0.25) is 0 Å². The van der Waals surface area contributed by atoms with Crippen molar-refractivity contribution < 1.29 is 18.0 Å². The van der Waals surface area contributed by atoms with Crippen molar-refractivity contribution in [3.05, 3.63) is 22.3 Å². The molecule has 0 radical (unpaired) electrons. The van der Waals surface area contributed by atoms with Crippen LogP contribution in [0.4, 0.5) is 19.0 Å². The molecule has 1 saturated heterocycles. The number of hydrogen-bond acceptors (Lipinski definition) is 3. The fourth-order valence-electron chi connectivity index (χ4n) is 2.18. The van der Waals surface area contributed by atoms with Crippen molar-refractivity contribution in [2.75, 3.05) is 18.0 Å². The van der Waals surface area contributed by atoms with E-state index in [0.717, 1.165) is 6.07 Å². The van der Waals surface area contributed by atoms with E-state index in [1.165, 1.54) is 11.1 Å². The summed E-state index contributed by atoms with van der Waals surface area (Å²) < 4.78 is 39.5. The smallest absolute Gasteiger partial charge is 0.354 e. The first kappa shape index (κ1) is 17.1. The minimum atomic E-state index is -4.48. The van der Waals surface area contributed by atoms with Gasteiger partial charge in [-0.05, 0) is 42.8 Å². The molecule has 1 amide bonds. The van der Waals surface area contributed by atoms with Crippen LogP contribution in [0.15, 0.2) is 16.7 Å². The maximum absolute atomic E-state index is 13.1. The predicted octanol–water partition coefficient (Wildman–Crippen LogP) is 3.21. The van der Waals surface area contributed by atoms with Gasteiger partial charge in [0.25, 0.3) is 0 Å². The predicted molar refractivity (Wildman–Crippen MR) is 80.5 cm³/mol. The molecule has 122 valence electrons. The zero-order valence-corrected chi connectivity index (χ0v) is 14.0. The van der Waals surface area contributed by atoms with Gasteiger partial charge in [-0.3, -0.25) is 4.79 Å². The van der Waals surface area contributed by atoms with Gasteiger partial charge in [-0.1, -0.05) is 0 Å². The molecule has 0 saturated carbocycles. The van der Waals surface area contributed by atoms with E-state index in [-0.39, 0.29) is 40.7 Å². The van der Waals surface area contributed by atoms with Gasteiger partial charge in [0.05, 0.1) is 11.5 Å². The lowest BCUT2D eigenvalue weighted by molar-refractivity contribution is -0.137. The Labute approximate surface area is 135 Å². The number of aromatic nitrogens is 1. The topological polar surface area (TPSA) is 45.2 Å². The number of anilines is 1. The van der Waals surface area contributed by atoms with E-state index < -0.39 is 11.7 Å². The lowest BCUT2D eigenvalue weighted by Gasteiger charge is -2.41. The molecule has 0 atom stereocenters. The van der Waals surface area contributed by atoms with Gasteiger partial charge in [-0.15, -0.1) is 0 Å². The Morgan fingerprint density at radius 1 is 1.36 bits per heavy atom. The summed E-state index contributed by atoms with van der Waals surface area (Å²) in [5.41, 5.74) is -1.15. The fourth-order valence-corrected chi connectivity index (χ4v) is 2.51. The third-order valence-corrected chi connectivity index (χ3v) is 3.62. The molecule has 2 rings (SSSR count). The van der Waals surface area contributed by atoms with Gasteiger partial charge < -0.3 is 10.2 Å². The molecule has 1 aromatic rings. The van der Waals surface area contributed by atoms with E-state index in [1.807, 2.05) is 20.8 Å². The minimum Gasteiger partial charge on any atom is -0.354 e. The minimum absolute atomic E-state index is 0.129. The summed E-state index contributed by atoms with van der Waals surface area (Å²) in [7, 11) is 0. The standard InChI is InChI=1S/C14H17BrF3N3O/c1-13(2,3)20-12(22)8-6-21(7-8)11-10(14(16,17)18)4-9(15)5-19-11/h4-5,8H,6-7H2,1-3H3,(H,20,22). The summed E-state index contributed by atoms with van der Waals surface area (Å²) in [4.78, 5) is 17.3. The van der Waals surface area contributed by atoms with E-state index in [0.29, 0.717) is 0 Å². The molecule has 0 spiro atoms. The highest BCUT2D eigenvalue weighted by molar-refractivity contribution is 9.10. The summed E-state index contributed by atoms with van der Waals surface area (Å²) in [5, 5.41) is 2.83. The van der Waals surface area contributed by atoms with E-state index in [2.05, 4.69) is 26.2 Å². The Balaban J connectivity index is 2.09. The molecule has 0 bridgehead atoms. The lowest BCUT2D eigenvalue weighted by Crippen LogP contribution is -2.57. The number of carbonyl (C=O) groups excluding carboxylic acids is 1. The van der Waals surface area contributed by atoms with Crippen molar-refractivity contribution in [3.63, 3.8) is 0 Å². The van der Waals surface area contributed by atoms with Crippen molar-refractivity contribution in [3.8, 4) is 0 Å². The summed E-state index contributed by atoms with van der Waals surface area (Å²) in [5.74, 6) is -0.587. The first-order valence-electron chi connectivity index (χ1n) is 6.77. The Hall–Kier alpha value is -1.31. The summed E-state index contributed by atoms with van der Waals surface area (Å²) in [6.07, 6.45) is -3.15. The fraction of sp³-hybridized carbons (Fsp3) is 0.571. The molecule has 0 aromatic carbocycles. The molecule has 4 nitrogen and oxygen atoms in total. The first-order valence-corrected chi connectivity index (χ1v) is 7.56. The molecule has 0 aliphatic carbocycles. The molecule has 1 aromatic heterocycles. The number of nitrogens with zero attached hydrogens (tertiary/aromatic N) is 2. The number of halogens is 4. The van der Waals surface area contributed by atoms with Crippen LogP contribution >= 0.6 is 15.9 Å². The van der Waals surface area contributed by atoms with Gasteiger partial charge in [0.15, 0.2) is 0 Å².